The van der Waals surface area contributed by atoms with E-state index in [0.717, 1.165) is 29.7 Å². The van der Waals surface area contributed by atoms with Crippen molar-refractivity contribution in [2.45, 2.75) is 44.9 Å². The molecular weight excluding hydrogens is 256 g/mol. The number of nitrogens with two attached hydrogens (primary N) is 1. The molecule has 1 atom stereocenters. The number of aryl methyl sites for hydroxylation is 1. The smallest absolute Gasteiger partial charge is 0.0683 e. The zero-order chi connectivity index (χ0) is 14.5. The van der Waals surface area contributed by atoms with Crippen molar-refractivity contribution in [1.29, 1.82) is 5.26 Å². The number of rotatable bonds is 6. The number of nitrogens with zero attached hydrogens (tertiary/aromatic N) is 1. The minimum atomic E-state index is -1.04. The zero-order valence-electron chi connectivity index (χ0n) is 11.9. The molecular formula is C15H22N2OS. The van der Waals surface area contributed by atoms with E-state index >= 15 is 0 Å². The maximum Gasteiger partial charge on any atom is 0.0683 e. The van der Waals surface area contributed by atoms with Gasteiger partial charge in [0.1, 0.15) is 0 Å². The van der Waals surface area contributed by atoms with E-state index in [-0.39, 0.29) is 5.41 Å². The lowest BCUT2D eigenvalue weighted by atomic mass is 9.89. The lowest BCUT2D eigenvalue weighted by Gasteiger charge is -2.14. The Bertz CT molecular complexity index is 503. The molecule has 1 aromatic carbocycles. The first-order chi connectivity index (χ1) is 8.85. The predicted molar refractivity (Wildman–Crippen MR) is 80.1 cm³/mol. The Morgan fingerprint density at radius 3 is 2.68 bits per heavy atom. The van der Waals surface area contributed by atoms with Crippen LogP contribution in [0.2, 0.25) is 0 Å². The Kier molecular flexibility index (Phi) is 5.56. The molecule has 0 aliphatic heterocycles. The molecule has 1 unspecified atom stereocenters. The van der Waals surface area contributed by atoms with Gasteiger partial charge in [-0.15, -0.1) is 0 Å². The van der Waals surface area contributed by atoms with E-state index in [1.165, 1.54) is 0 Å². The fourth-order valence-electron chi connectivity index (χ4n) is 1.80. The second-order valence-corrected chi connectivity index (χ2v) is 7.08. The molecule has 0 aliphatic carbocycles. The van der Waals surface area contributed by atoms with Gasteiger partial charge in [-0.3, -0.25) is 4.21 Å². The van der Waals surface area contributed by atoms with Crippen LogP contribution < -0.4 is 5.73 Å². The normalized spacial score (nSPS) is 12.9. The maximum absolute atomic E-state index is 12.2. The second-order valence-electron chi connectivity index (χ2n) is 5.54. The summed E-state index contributed by atoms with van der Waals surface area (Å²) in [6, 6.07) is 7.90. The molecule has 104 valence electrons. The lowest BCUT2D eigenvalue weighted by molar-refractivity contribution is 0.432. The van der Waals surface area contributed by atoms with Crippen LogP contribution in [0.15, 0.2) is 23.1 Å². The number of unbranched alkanes of at least 4 members (excludes halogenated alkanes) is 1. The van der Waals surface area contributed by atoms with Gasteiger partial charge in [-0.25, -0.2) is 0 Å². The molecule has 0 radical (unpaired) electrons. The van der Waals surface area contributed by atoms with Crippen LogP contribution in [0.3, 0.4) is 0 Å². The summed E-state index contributed by atoms with van der Waals surface area (Å²) in [4.78, 5) is 0.736. The first-order valence-corrected chi connectivity index (χ1v) is 7.83. The Morgan fingerprint density at radius 2 is 2.05 bits per heavy atom. The number of hydrogen-bond acceptors (Lipinski definition) is 3. The quantitative estimate of drug-likeness (QED) is 0.640. The van der Waals surface area contributed by atoms with E-state index in [2.05, 4.69) is 6.07 Å². The SMILES string of the molecule is Cc1ccc(N)c(S(=O)CCCCC(C)(C)C#N)c1. The monoisotopic (exact) mass is 278 g/mol. The first-order valence-electron chi connectivity index (χ1n) is 6.51. The van der Waals surface area contributed by atoms with Gasteiger partial charge in [0.2, 0.25) is 0 Å². The van der Waals surface area contributed by atoms with Crippen LogP contribution in [-0.4, -0.2) is 9.96 Å². The van der Waals surface area contributed by atoms with Crippen molar-refractivity contribution in [2.24, 2.45) is 5.41 Å². The standard InChI is InChI=1S/C15H22N2OS/c1-12-6-7-13(17)14(10-12)19(18)9-5-4-8-15(2,3)11-16/h6-7,10H,4-5,8-9,17H2,1-3H3. The minimum Gasteiger partial charge on any atom is -0.398 e. The van der Waals surface area contributed by atoms with Gasteiger partial charge >= 0.3 is 0 Å². The molecule has 0 bridgehead atoms. The molecule has 0 spiro atoms. The summed E-state index contributed by atoms with van der Waals surface area (Å²) in [5.74, 6) is 0.606. The van der Waals surface area contributed by atoms with Gasteiger partial charge in [-0.2, -0.15) is 5.26 Å². The van der Waals surface area contributed by atoms with E-state index in [1.807, 2.05) is 32.9 Å². The molecule has 0 aromatic heterocycles. The Hall–Kier alpha value is -1.34. The predicted octanol–water partition coefficient (Wildman–Crippen LogP) is 3.40. The van der Waals surface area contributed by atoms with Crippen LogP contribution in [0.5, 0.6) is 0 Å². The number of nitrogen functional groups attached to an aromatic ring is 1. The topological polar surface area (TPSA) is 66.9 Å². The largest absolute Gasteiger partial charge is 0.398 e. The Labute approximate surface area is 118 Å². The summed E-state index contributed by atoms with van der Waals surface area (Å²) in [5, 5.41) is 8.92. The van der Waals surface area contributed by atoms with Gasteiger partial charge in [-0.05, 0) is 51.3 Å². The number of anilines is 1. The van der Waals surface area contributed by atoms with Crippen LogP contribution in [0.4, 0.5) is 5.69 Å². The van der Waals surface area contributed by atoms with Crippen LogP contribution in [-0.2, 0) is 10.8 Å². The van der Waals surface area contributed by atoms with Crippen LogP contribution in [0.1, 0.15) is 38.7 Å². The molecule has 1 aromatic rings. The summed E-state index contributed by atoms with van der Waals surface area (Å²) < 4.78 is 12.2. The van der Waals surface area contributed by atoms with Crippen molar-refractivity contribution in [1.82, 2.24) is 0 Å². The molecule has 0 aliphatic rings. The molecule has 4 heteroatoms. The Balaban J connectivity index is 2.49. The molecule has 0 fully saturated rings. The van der Waals surface area contributed by atoms with Crippen LogP contribution in [0, 0.1) is 23.7 Å². The highest BCUT2D eigenvalue weighted by molar-refractivity contribution is 7.85. The minimum absolute atomic E-state index is 0.288. The third-order valence-electron chi connectivity index (χ3n) is 3.10. The highest BCUT2D eigenvalue weighted by atomic mass is 32.2. The summed E-state index contributed by atoms with van der Waals surface area (Å²) in [6.45, 7) is 5.83. The van der Waals surface area contributed by atoms with Gasteiger partial charge in [0.25, 0.3) is 0 Å². The zero-order valence-corrected chi connectivity index (χ0v) is 12.7. The fourth-order valence-corrected chi connectivity index (χ4v) is 3.14. The maximum atomic E-state index is 12.2. The average Bonchev–Trinajstić information content (AvgIpc) is 2.37. The molecule has 1 rings (SSSR count). The van der Waals surface area contributed by atoms with E-state index < -0.39 is 10.8 Å². The van der Waals surface area contributed by atoms with Gasteiger partial charge < -0.3 is 5.73 Å². The lowest BCUT2D eigenvalue weighted by Crippen LogP contribution is -2.08. The van der Waals surface area contributed by atoms with Crippen molar-refractivity contribution >= 4 is 16.5 Å². The molecule has 2 N–H and O–H groups in total. The van der Waals surface area contributed by atoms with Crippen molar-refractivity contribution in [3.05, 3.63) is 23.8 Å². The molecule has 0 amide bonds. The average molecular weight is 278 g/mol. The summed E-state index contributed by atoms with van der Waals surface area (Å²) >= 11 is 0. The molecule has 19 heavy (non-hydrogen) atoms. The van der Waals surface area contributed by atoms with Crippen LogP contribution in [0.25, 0.3) is 0 Å². The third-order valence-corrected chi connectivity index (χ3v) is 4.60. The van der Waals surface area contributed by atoms with Crippen molar-refractivity contribution in [3.8, 4) is 6.07 Å². The van der Waals surface area contributed by atoms with E-state index in [9.17, 15) is 4.21 Å². The Morgan fingerprint density at radius 1 is 1.37 bits per heavy atom. The molecule has 0 saturated carbocycles. The summed E-state index contributed by atoms with van der Waals surface area (Å²) in [6.07, 6.45) is 2.60. The number of benzene rings is 1. The highest BCUT2D eigenvalue weighted by Gasteiger charge is 2.16. The highest BCUT2D eigenvalue weighted by Crippen LogP contribution is 2.23. The molecule has 0 heterocycles. The van der Waals surface area contributed by atoms with Crippen molar-refractivity contribution in [2.75, 3.05) is 11.5 Å². The van der Waals surface area contributed by atoms with Gasteiger partial charge in [0.05, 0.1) is 27.2 Å². The van der Waals surface area contributed by atoms with Crippen LogP contribution >= 0.6 is 0 Å². The summed E-state index contributed by atoms with van der Waals surface area (Å²) in [5.41, 5.74) is 7.23. The van der Waals surface area contributed by atoms with Crippen molar-refractivity contribution in [3.63, 3.8) is 0 Å². The third kappa shape index (κ3) is 5.04. The first kappa shape index (κ1) is 15.7. The van der Waals surface area contributed by atoms with Gasteiger partial charge in [0.15, 0.2) is 0 Å². The van der Waals surface area contributed by atoms with Crippen molar-refractivity contribution < 1.29 is 4.21 Å². The molecule has 0 saturated heterocycles. The van der Waals surface area contributed by atoms with E-state index in [0.29, 0.717) is 11.4 Å². The van der Waals surface area contributed by atoms with E-state index in [4.69, 9.17) is 11.0 Å². The fraction of sp³-hybridized carbons (Fsp3) is 0.533. The van der Waals surface area contributed by atoms with E-state index in [1.54, 1.807) is 6.07 Å². The number of nitriles is 1. The van der Waals surface area contributed by atoms with Gasteiger partial charge in [-0.1, -0.05) is 12.5 Å². The number of hydrogen-bond donors (Lipinski definition) is 1. The molecule has 3 nitrogen and oxygen atoms in total. The summed E-state index contributed by atoms with van der Waals surface area (Å²) in [7, 11) is -1.04. The van der Waals surface area contributed by atoms with Gasteiger partial charge in [0, 0.05) is 11.4 Å². The second kappa shape index (κ2) is 6.72.